The predicted molar refractivity (Wildman–Crippen MR) is 84.3 cm³/mol. The zero-order valence-electron chi connectivity index (χ0n) is 13.3. The Kier molecular flexibility index (Phi) is 4.03. The Labute approximate surface area is 131 Å². The van der Waals surface area contributed by atoms with E-state index in [2.05, 4.69) is 4.90 Å². The summed E-state index contributed by atoms with van der Waals surface area (Å²) in [6.45, 7) is 4.38. The van der Waals surface area contributed by atoms with E-state index in [-0.39, 0.29) is 11.9 Å². The third-order valence-electron chi connectivity index (χ3n) is 4.66. The van der Waals surface area contributed by atoms with Gasteiger partial charge < -0.3 is 15.6 Å². The topological polar surface area (TPSA) is 58.7 Å². The Morgan fingerprint density at radius 3 is 2.50 bits per heavy atom. The third-order valence-corrected chi connectivity index (χ3v) is 4.66. The van der Waals surface area contributed by atoms with Crippen molar-refractivity contribution in [2.45, 2.75) is 63.3 Å². The SMILES string of the molecule is CC(C)(O)CN1[C@@H]2CC[C@H]1C[C@@H](Oc1ccc(N)cc1F)C2. The van der Waals surface area contributed by atoms with Crippen molar-refractivity contribution in [2.24, 2.45) is 0 Å². The lowest BCUT2D eigenvalue weighted by molar-refractivity contribution is -0.0174. The van der Waals surface area contributed by atoms with Gasteiger partial charge in [-0.05, 0) is 51.7 Å². The molecule has 22 heavy (non-hydrogen) atoms. The average Bonchev–Trinajstić information content (AvgIpc) is 2.64. The van der Waals surface area contributed by atoms with Crippen LogP contribution >= 0.6 is 0 Å². The second-order valence-electron chi connectivity index (χ2n) is 7.27. The monoisotopic (exact) mass is 308 g/mol. The molecule has 0 unspecified atom stereocenters. The summed E-state index contributed by atoms with van der Waals surface area (Å²) in [7, 11) is 0. The van der Waals surface area contributed by atoms with Crippen LogP contribution in [-0.2, 0) is 0 Å². The van der Waals surface area contributed by atoms with Gasteiger partial charge in [-0.3, -0.25) is 4.90 Å². The minimum atomic E-state index is -0.683. The number of benzene rings is 1. The highest BCUT2D eigenvalue weighted by molar-refractivity contribution is 5.42. The van der Waals surface area contributed by atoms with Crippen LogP contribution in [0.15, 0.2) is 18.2 Å². The molecule has 2 bridgehead atoms. The van der Waals surface area contributed by atoms with Gasteiger partial charge >= 0.3 is 0 Å². The molecule has 122 valence electrons. The molecule has 1 aromatic carbocycles. The summed E-state index contributed by atoms with van der Waals surface area (Å²) >= 11 is 0. The Morgan fingerprint density at radius 1 is 1.32 bits per heavy atom. The first-order valence-corrected chi connectivity index (χ1v) is 8.01. The van der Waals surface area contributed by atoms with E-state index in [9.17, 15) is 9.50 Å². The minimum Gasteiger partial charge on any atom is -0.487 e. The second-order valence-corrected chi connectivity index (χ2v) is 7.27. The molecule has 0 spiro atoms. The Balaban J connectivity index is 1.65. The third kappa shape index (κ3) is 3.36. The van der Waals surface area contributed by atoms with Crippen LogP contribution in [0, 0.1) is 5.82 Å². The van der Waals surface area contributed by atoms with E-state index in [0.717, 1.165) is 25.7 Å². The highest BCUT2D eigenvalue weighted by Gasteiger charge is 2.43. The molecule has 0 aliphatic carbocycles. The van der Waals surface area contributed by atoms with E-state index in [4.69, 9.17) is 10.5 Å². The maximum absolute atomic E-state index is 13.9. The van der Waals surface area contributed by atoms with E-state index in [0.29, 0.717) is 24.3 Å². The molecule has 3 N–H and O–H groups in total. The summed E-state index contributed by atoms with van der Waals surface area (Å²) in [5, 5.41) is 10.1. The van der Waals surface area contributed by atoms with Crippen LogP contribution in [-0.4, -0.2) is 40.3 Å². The van der Waals surface area contributed by atoms with Gasteiger partial charge in [0.15, 0.2) is 11.6 Å². The summed E-state index contributed by atoms with van der Waals surface area (Å²) in [4.78, 5) is 2.40. The number of fused-ring (bicyclic) bond motifs is 2. The molecule has 0 radical (unpaired) electrons. The van der Waals surface area contributed by atoms with Crippen LogP contribution in [0.25, 0.3) is 0 Å². The van der Waals surface area contributed by atoms with Gasteiger partial charge in [-0.2, -0.15) is 0 Å². The zero-order valence-corrected chi connectivity index (χ0v) is 13.3. The lowest BCUT2D eigenvalue weighted by atomic mass is 9.97. The number of nitrogens with two attached hydrogens (primary N) is 1. The van der Waals surface area contributed by atoms with Gasteiger partial charge in [0.2, 0.25) is 0 Å². The molecule has 2 aliphatic rings. The molecule has 2 aliphatic heterocycles. The molecule has 2 heterocycles. The van der Waals surface area contributed by atoms with E-state index in [1.807, 2.05) is 13.8 Å². The summed E-state index contributed by atoms with van der Waals surface area (Å²) in [6, 6.07) is 5.42. The number of nitrogens with zero attached hydrogens (tertiary/aromatic N) is 1. The first-order valence-electron chi connectivity index (χ1n) is 8.01. The maximum atomic E-state index is 13.9. The largest absolute Gasteiger partial charge is 0.487 e. The van der Waals surface area contributed by atoms with E-state index < -0.39 is 11.4 Å². The van der Waals surface area contributed by atoms with Crippen molar-refractivity contribution in [3.8, 4) is 5.75 Å². The number of rotatable bonds is 4. The van der Waals surface area contributed by atoms with Crippen molar-refractivity contribution >= 4 is 5.69 Å². The van der Waals surface area contributed by atoms with Crippen molar-refractivity contribution in [2.75, 3.05) is 12.3 Å². The lowest BCUT2D eigenvalue weighted by Gasteiger charge is -2.41. The molecular formula is C17H25FN2O2. The van der Waals surface area contributed by atoms with Crippen molar-refractivity contribution < 1.29 is 14.2 Å². The molecule has 5 heteroatoms. The van der Waals surface area contributed by atoms with Crippen LogP contribution in [0.1, 0.15) is 39.5 Å². The number of piperidine rings is 1. The second kappa shape index (κ2) is 5.70. The summed E-state index contributed by atoms with van der Waals surface area (Å²) in [5.74, 6) is -0.110. The summed E-state index contributed by atoms with van der Waals surface area (Å²) in [6.07, 6.45) is 4.07. The molecule has 2 fully saturated rings. The molecule has 0 aromatic heterocycles. The fourth-order valence-electron chi connectivity index (χ4n) is 3.82. The Hall–Kier alpha value is -1.33. The summed E-state index contributed by atoms with van der Waals surface area (Å²) in [5.41, 5.74) is 5.29. The first kappa shape index (κ1) is 15.6. The van der Waals surface area contributed by atoms with Crippen LogP contribution < -0.4 is 10.5 Å². The molecule has 4 nitrogen and oxygen atoms in total. The lowest BCUT2D eigenvalue weighted by Crippen LogP contribution is -2.51. The van der Waals surface area contributed by atoms with E-state index in [1.165, 1.54) is 6.07 Å². The van der Waals surface area contributed by atoms with Crippen molar-refractivity contribution in [1.82, 2.24) is 4.90 Å². The minimum absolute atomic E-state index is 0.0358. The smallest absolute Gasteiger partial charge is 0.167 e. The zero-order chi connectivity index (χ0) is 15.9. The molecule has 0 saturated carbocycles. The van der Waals surface area contributed by atoms with Crippen molar-refractivity contribution in [3.63, 3.8) is 0 Å². The van der Waals surface area contributed by atoms with Gasteiger partial charge in [-0.15, -0.1) is 0 Å². The number of hydrogen-bond acceptors (Lipinski definition) is 4. The van der Waals surface area contributed by atoms with Crippen LogP contribution in [0.2, 0.25) is 0 Å². The van der Waals surface area contributed by atoms with Crippen molar-refractivity contribution in [1.29, 1.82) is 0 Å². The van der Waals surface area contributed by atoms with Gasteiger partial charge in [0.1, 0.15) is 6.10 Å². The van der Waals surface area contributed by atoms with E-state index in [1.54, 1.807) is 12.1 Å². The van der Waals surface area contributed by atoms with Crippen LogP contribution in [0.4, 0.5) is 10.1 Å². The Bertz CT molecular complexity index is 530. The molecular weight excluding hydrogens is 283 g/mol. The number of ether oxygens (including phenoxy) is 1. The fraction of sp³-hybridized carbons (Fsp3) is 0.647. The average molecular weight is 308 g/mol. The molecule has 2 saturated heterocycles. The van der Waals surface area contributed by atoms with Gasteiger partial charge in [0.05, 0.1) is 5.60 Å². The van der Waals surface area contributed by atoms with Gasteiger partial charge in [-0.1, -0.05) is 0 Å². The number of nitrogen functional groups attached to an aromatic ring is 1. The molecule has 3 rings (SSSR count). The highest BCUT2D eigenvalue weighted by Crippen LogP contribution is 2.38. The molecule has 0 amide bonds. The van der Waals surface area contributed by atoms with Crippen LogP contribution in [0.3, 0.4) is 0 Å². The number of anilines is 1. The van der Waals surface area contributed by atoms with Crippen molar-refractivity contribution in [3.05, 3.63) is 24.0 Å². The van der Waals surface area contributed by atoms with Gasteiger partial charge in [0.25, 0.3) is 0 Å². The van der Waals surface area contributed by atoms with Gasteiger partial charge in [0, 0.05) is 30.4 Å². The quantitative estimate of drug-likeness (QED) is 0.839. The summed E-state index contributed by atoms with van der Waals surface area (Å²) < 4.78 is 19.7. The van der Waals surface area contributed by atoms with Gasteiger partial charge in [-0.25, -0.2) is 4.39 Å². The number of halogens is 1. The van der Waals surface area contributed by atoms with E-state index >= 15 is 0 Å². The first-order chi connectivity index (χ1) is 10.3. The standard InChI is InChI=1S/C17H25FN2O2/c1-17(2,21)10-20-12-4-5-13(20)9-14(8-12)22-16-6-3-11(19)7-15(16)18/h3,6-7,12-14,21H,4-5,8-10,19H2,1-2H3/t12-,13+,14+. The fourth-order valence-corrected chi connectivity index (χ4v) is 3.82. The molecule has 1 aromatic rings. The predicted octanol–water partition coefficient (Wildman–Crippen LogP) is 2.55. The normalized spacial score (nSPS) is 28.8. The Morgan fingerprint density at radius 2 is 1.95 bits per heavy atom. The maximum Gasteiger partial charge on any atom is 0.167 e. The number of aliphatic hydroxyl groups is 1. The molecule has 3 atom stereocenters. The van der Waals surface area contributed by atoms with Crippen LogP contribution in [0.5, 0.6) is 5.75 Å². The number of hydrogen-bond donors (Lipinski definition) is 2. The highest BCUT2D eigenvalue weighted by atomic mass is 19.1.